The lowest BCUT2D eigenvalue weighted by atomic mass is 9.88. The molecule has 0 amide bonds. The SMILES string of the molecule is Cc1sc(Br)cc1C(Cl)C1(c2ccccc2)CC1. The van der Waals surface area contributed by atoms with Gasteiger partial charge in [0.25, 0.3) is 0 Å². The van der Waals surface area contributed by atoms with Crippen LogP contribution in [0.25, 0.3) is 0 Å². The minimum Gasteiger partial charge on any atom is -0.133 e. The van der Waals surface area contributed by atoms with Crippen LogP contribution in [0.15, 0.2) is 40.2 Å². The Hall–Kier alpha value is -0.310. The van der Waals surface area contributed by atoms with E-state index in [1.807, 2.05) is 0 Å². The summed E-state index contributed by atoms with van der Waals surface area (Å²) in [6.45, 7) is 2.15. The topological polar surface area (TPSA) is 0 Å². The van der Waals surface area contributed by atoms with E-state index in [1.165, 1.54) is 32.6 Å². The molecule has 0 saturated heterocycles. The zero-order chi connectivity index (χ0) is 12.8. The standard InChI is InChI=1S/C15H14BrClS/c1-10-12(9-13(16)18-10)14(17)15(7-8-15)11-5-3-2-4-6-11/h2-6,9,14H,7-8H2,1H3. The molecular formula is C15H14BrClS. The summed E-state index contributed by atoms with van der Waals surface area (Å²) < 4.78 is 1.17. The Morgan fingerprint density at radius 2 is 1.94 bits per heavy atom. The number of halogens is 2. The molecule has 18 heavy (non-hydrogen) atoms. The molecule has 1 atom stereocenters. The van der Waals surface area contributed by atoms with Gasteiger partial charge >= 0.3 is 0 Å². The molecule has 2 aromatic rings. The van der Waals surface area contributed by atoms with Gasteiger partial charge in [0.15, 0.2) is 0 Å². The van der Waals surface area contributed by atoms with Crippen molar-refractivity contribution in [3.05, 3.63) is 56.2 Å². The van der Waals surface area contributed by atoms with Crippen LogP contribution in [0.5, 0.6) is 0 Å². The van der Waals surface area contributed by atoms with Crippen LogP contribution < -0.4 is 0 Å². The van der Waals surface area contributed by atoms with Gasteiger partial charge in [0.2, 0.25) is 0 Å². The molecule has 1 unspecified atom stereocenters. The van der Waals surface area contributed by atoms with Crippen molar-refractivity contribution >= 4 is 38.9 Å². The van der Waals surface area contributed by atoms with E-state index in [2.05, 4.69) is 59.3 Å². The maximum absolute atomic E-state index is 6.80. The zero-order valence-electron chi connectivity index (χ0n) is 10.1. The zero-order valence-corrected chi connectivity index (χ0v) is 13.3. The highest BCUT2D eigenvalue weighted by atomic mass is 79.9. The number of alkyl halides is 1. The van der Waals surface area contributed by atoms with Crippen molar-refractivity contribution in [1.82, 2.24) is 0 Å². The highest BCUT2D eigenvalue weighted by Crippen LogP contribution is 2.60. The average molecular weight is 342 g/mol. The van der Waals surface area contributed by atoms with E-state index in [0.717, 1.165) is 0 Å². The third-order valence-electron chi connectivity index (χ3n) is 3.82. The van der Waals surface area contributed by atoms with Gasteiger partial charge in [0.05, 0.1) is 9.16 Å². The summed E-state index contributed by atoms with van der Waals surface area (Å²) in [6.07, 6.45) is 2.39. The number of hydrogen-bond donors (Lipinski definition) is 0. The fourth-order valence-corrected chi connectivity index (χ4v) is 4.98. The molecule has 1 saturated carbocycles. The van der Waals surface area contributed by atoms with Gasteiger partial charge in [0.1, 0.15) is 0 Å². The fourth-order valence-electron chi connectivity index (χ4n) is 2.60. The average Bonchev–Trinajstić information content (AvgIpc) is 3.11. The van der Waals surface area contributed by atoms with Gasteiger partial charge < -0.3 is 0 Å². The normalized spacial score (nSPS) is 18.6. The fraction of sp³-hybridized carbons (Fsp3) is 0.333. The molecule has 3 rings (SSSR count). The molecule has 94 valence electrons. The second-order valence-electron chi connectivity index (χ2n) is 4.95. The van der Waals surface area contributed by atoms with Crippen molar-refractivity contribution in [2.24, 2.45) is 0 Å². The van der Waals surface area contributed by atoms with E-state index in [9.17, 15) is 0 Å². The molecule has 1 aliphatic rings. The number of rotatable bonds is 3. The predicted octanol–water partition coefficient (Wildman–Crippen LogP) is 5.83. The summed E-state index contributed by atoms with van der Waals surface area (Å²) in [5.74, 6) is 0. The summed E-state index contributed by atoms with van der Waals surface area (Å²) in [5.41, 5.74) is 2.83. The smallest absolute Gasteiger partial charge is 0.0704 e. The second kappa shape index (κ2) is 4.66. The maximum atomic E-state index is 6.80. The lowest BCUT2D eigenvalue weighted by Crippen LogP contribution is -2.14. The van der Waals surface area contributed by atoms with Gasteiger partial charge in [-0.15, -0.1) is 22.9 Å². The van der Waals surface area contributed by atoms with Gasteiger partial charge in [-0.1, -0.05) is 30.3 Å². The first-order chi connectivity index (χ1) is 8.63. The minimum absolute atomic E-state index is 0.0856. The Morgan fingerprint density at radius 3 is 2.44 bits per heavy atom. The number of aryl methyl sites for hydroxylation is 1. The predicted molar refractivity (Wildman–Crippen MR) is 82.7 cm³/mol. The lowest BCUT2D eigenvalue weighted by Gasteiger charge is -2.22. The third-order valence-corrected chi connectivity index (χ3v) is 6.04. The number of benzene rings is 1. The molecule has 0 aliphatic heterocycles. The van der Waals surface area contributed by atoms with Crippen LogP contribution in [-0.2, 0) is 5.41 Å². The Balaban J connectivity index is 1.98. The van der Waals surface area contributed by atoms with Crippen molar-refractivity contribution < 1.29 is 0 Å². The summed E-state index contributed by atoms with van der Waals surface area (Å²) in [7, 11) is 0. The van der Waals surface area contributed by atoms with E-state index in [0.29, 0.717) is 0 Å². The van der Waals surface area contributed by atoms with Crippen LogP contribution in [0.1, 0.15) is 34.2 Å². The van der Waals surface area contributed by atoms with Gasteiger partial charge in [-0.25, -0.2) is 0 Å². The summed E-state index contributed by atoms with van der Waals surface area (Å²) in [5, 5.41) is 0.0856. The van der Waals surface area contributed by atoms with E-state index >= 15 is 0 Å². The second-order valence-corrected chi connectivity index (χ2v) is 8.02. The quantitative estimate of drug-likeness (QED) is 0.616. The summed E-state index contributed by atoms with van der Waals surface area (Å²) in [4.78, 5) is 1.32. The molecule has 1 aromatic heterocycles. The Morgan fingerprint density at radius 1 is 1.28 bits per heavy atom. The van der Waals surface area contributed by atoms with E-state index in [4.69, 9.17) is 11.6 Å². The van der Waals surface area contributed by atoms with Crippen LogP contribution in [0.3, 0.4) is 0 Å². The van der Waals surface area contributed by atoms with Crippen LogP contribution in [-0.4, -0.2) is 0 Å². The van der Waals surface area contributed by atoms with Gasteiger partial charge in [-0.05, 0) is 52.9 Å². The molecular weight excluding hydrogens is 328 g/mol. The molecule has 0 nitrogen and oxygen atoms in total. The molecule has 1 aromatic carbocycles. The number of hydrogen-bond acceptors (Lipinski definition) is 1. The molecule has 0 N–H and O–H groups in total. The Kier molecular flexibility index (Phi) is 3.29. The molecule has 1 aliphatic carbocycles. The monoisotopic (exact) mass is 340 g/mol. The largest absolute Gasteiger partial charge is 0.133 e. The van der Waals surface area contributed by atoms with Gasteiger partial charge in [0, 0.05) is 10.3 Å². The third kappa shape index (κ3) is 2.04. The van der Waals surface area contributed by atoms with Crippen molar-refractivity contribution in [1.29, 1.82) is 0 Å². The Labute approximate surface area is 125 Å². The Bertz CT molecular complexity index is 557. The summed E-state index contributed by atoms with van der Waals surface area (Å²) >= 11 is 12.1. The molecule has 1 heterocycles. The van der Waals surface area contributed by atoms with Gasteiger partial charge in [-0.3, -0.25) is 0 Å². The van der Waals surface area contributed by atoms with E-state index < -0.39 is 0 Å². The van der Waals surface area contributed by atoms with E-state index in [-0.39, 0.29) is 10.8 Å². The number of thiophene rings is 1. The van der Waals surface area contributed by atoms with Crippen molar-refractivity contribution in [2.75, 3.05) is 0 Å². The van der Waals surface area contributed by atoms with Crippen molar-refractivity contribution in [3.63, 3.8) is 0 Å². The molecule has 0 bridgehead atoms. The highest BCUT2D eigenvalue weighted by Gasteiger charge is 2.51. The van der Waals surface area contributed by atoms with Crippen molar-refractivity contribution in [3.8, 4) is 0 Å². The van der Waals surface area contributed by atoms with E-state index in [1.54, 1.807) is 11.3 Å². The minimum atomic E-state index is 0.0856. The lowest BCUT2D eigenvalue weighted by molar-refractivity contribution is 0.661. The van der Waals surface area contributed by atoms with Crippen LogP contribution in [0, 0.1) is 6.92 Å². The first-order valence-electron chi connectivity index (χ1n) is 6.09. The highest BCUT2D eigenvalue weighted by molar-refractivity contribution is 9.11. The van der Waals surface area contributed by atoms with Crippen LogP contribution >= 0.6 is 38.9 Å². The van der Waals surface area contributed by atoms with Crippen LogP contribution in [0.2, 0.25) is 0 Å². The molecule has 1 fully saturated rings. The maximum Gasteiger partial charge on any atom is 0.0704 e. The first kappa shape index (κ1) is 12.7. The van der Waals surface area contributed by atoms with Crippen molar-refractivity contribution in [2.45, 2.75) is 30.6 Å². The molecule has 0 radical (unpaired) electrons. The molecule has 0 spiro atoms. The van der Waals surface area contributed by atoms with Gasteiger partial charge in [-0.2, -0.15) is 0 Å². The van der Waals surface area contributed by atoms with Crippen LogP contribution in [0.4, 0.5) is 0 Å². The summed E-state index contributed by atoms with van der Waals surface area (Å²) in [6, 6.07) is 12.9. The first-order valence-corrected chi connectivity index (χ1v) is 8.13. The molecule has 3 heteroatoms.